The summed E-state index contributed by atoms with van der Waals surface area (Å²) >= 11 is 0. The normalized spacial score (nSPS) is 25.9. The fourth-order valence-corrected chi connectivity index (χ4v) is 2.12. The molecule has 2 heterocycles. The lowest BCUT2D eigenvalue weighted by atomic mass is 10.1. The van der Waals surface area contributed by atoms with Gasteiger partial charge in [-0.05, 0) is 19.3 Å². The number of carbonyl (C=O) groups is 1. The number of amides is 1. The Kier molecular flexibility index (Phi) is 1.97. The molecule has 1 aromatic rings. The van der Waals surface area contributed by atoms with E-state index < -0.39 is 0 Å². The Hall–Kier alpha value is -1.39. The van der Waals surface area contributed by atoms with Crippen LogP contribution in [0.5, 0.6) is 0 Å². The van der Waals surface area contributed by atoms with Gasteiger partial charge in [-0.25, -0.2) is 0 Å². The van der Waals surface area contributed by atoms with Gasteiger partial charge in [0.05, 0.1) is 0 Å². The third-order valence-corrected chi connectivity index (χ3v) is 3.17. The molecule has 0 unspecified atom stereocenters. The van der Waals surface area contributed by atoms with E-state index in [1.807, 2.05) is 4.90 Å². The molecule has 0 radical (unpaired) electrons. The van der Waals surface area contributed by atoms with Crippen LogP contribution in [0.4, 0.5) is 0 Å². The second-order valence-electron chi connectivity index (χ2n) is 4.33. The highest BCUT2D eigenvalue weighted by molar-refractivity contribution is 5.81. The first-order chi connectivity index (χ1) is 7.34. The number of rotatable bonds is 2. The van der Waals surface area contributed by atoms with E-state index in [2.05, 4.69) is 10.1 Å². The van der Waals surface area contributed by atoms with Crippen molar-refractivity contribution in [3.05, 3.63) is 12.2 Å². The van der Waals surface area contributed by atoms with Gasteiger partial charge < -0.3 is 9.42 Å². The van der Waals surface area contributed by atoms with Gasteiger partial charge in [-0.3, -0.25) is 4.79 Å². The van der Waals surface area contributed by atoms with Crippen LogP contribution in [0, 0.1) is 5.92 Å². The van der Waals surface area contributed by atoms with Crippen LogP contribution in [0.3, 0.4) is 0 Å². The van der Waals surface area contributed by atoms with Crippen molar-refractivity contribution in [2.24, 2.45) is 5.92 Å². The zero-order valence-corrected chi connectivity index (χ0v) is 8.43. The number of carbonyl (C=O) groups excluding carboxylic acids is 1. The molecule has 1 saturated carbocycles. The number of hydrogen-bond donors (Lipinski definition) is 0. The smallest absolute Gasteiger partial charge is 0.225 e. The van der Waals surface area contributed by atoms with Crippen molar-refractivity contribution in [3.63, 3.8) is 0 Å². The Bertz CT molecular complexity index is 359. The first kappa shape index (κ1) is 8.88. The van der Waals surface area contributed by atoms with Crippen molar-refractivity contribution in [1.82, 2.24) is 15.0 Å². The molecule has 5 nitrogen and oxygen atoms in total. The SMILES string of the molecule is O=C(C1CC1)N1CC[C@@H](c2ncon2)C1. The summed E-state index contributed by atoms with van der Waals surface area (Å²) in [6.07, 6.45) is 4.45. The van der Waals surface area contributed by atoms with Gasteiger partial charge in [-0.2, -0.15) is 4.98 Å². The van der Waals surface area contributed by atoms with Crippen molar-refractivity contribution in [3.8, 4) is 0 Å². The molecule has 0 bridgehead atoms. The number of aromatic nitrogens is 2. The predicted octanol–water partition coefficient (Wildman–Crippen LogP) is 0.796. The van der Waals surface area contributed by atoms with Crippen molar-refractivity contribution < 1.29 is 9.32 Å². The van der Waals surface area contributed by atoms with E-state index >= 15 is 0 Å². The summed E-state index contributed by atoms with van der Waals surface area (Å²) in [5.74, 6) is 1.64. The van der Waals surface area contributed by atoms with Crippen LogP contribution < -0.4 is 0 Å². The van der Waals surface area contributed by atoms with Crippen molar-refractivity contribution in [2.75, 3.05) is 13.1 Å². The monoisotopic (exact) mass is 207 g/mol. The Balaban J connectivity index is 1.65. The van der Waals surface area contributed by atoms with E-state index in [4.69, 9.17) is 4.52 Å². The van der Waals surface area contributed by atoms with Gasteiger partial charge in [0.25, 0.3) is 0 Å². The minimum atomic E-state index is 0.270. The van der Waals surface area contributed by atoms with E-state index in [1.54, 1.807) is 0 Å². The number of nitrogens with zero attached hydrogens (tertiary/aromatic N) is 3. The van der Waals surface area contributed by atoms with Crippen molar-refractivity contribution >= 4 is 5.91 Å². The second-order valence-corrected chi connectivity index (χ2v) is 4.33. The average molecular weight is 207 g/mol. The quantitative estimate of drug-likeness (QED) is 0.719. The minimum absolute atomic E-state index is 0.270. The summed E-state index contributed by atoms with van der Waals surface area (Å²) in [5.41, 5.74) is 0. The highest BCUT2D eigenvalue weighted by Gasteiger charge is 2.37. The summed E-state index contributed by atoms with van der Waals surface area (Å²) < 4.78 is 4.72. The van der Waals surface area contributed by atoms with Gasteiger partial charge >= 0.3 is 0 Å². The van der Waals surface area contributed by atoms with Gasteiger partial charge in [-0.15, -0.1) is 0 Å². The van der Waals surface area contributed by atoms with E-state index in [0.29, 0.717) is 11.8 Å². The summed E-state index contributed by atoms with van der Waals surface area (Å²) in [6.45, 7) is 1.60. The molecular weight excluding hydrogens is 194 g/mol. The van der Waals surface area contributed by atoms with Crippen LogP contribution in [0.1, 0.15) is 31.0 Å². The Morgan fingerprint density at radius 3 is 3.00 bits per heavy atom. The summed E-state index contributed by atoms with van der Waals surface area (Å²) in [6, 6.07) is 0. The lowest BCUT2D eigenvalue weighted by molar-refractivity contribution is -0.131. The van der Waals surface area contributed by atoms with Gasteiger partial charge in [0.2, 0.25) is 12.3 Å². The fraction of sp³-hybridized carbons (Fsp3) is 0.700. The maximum Gasteiger partial charge on any atom is 0.225 e. The van der Waals surface area contributed by atoms with Crippen LogP contribution in [-0.4, -0.2) is 34.0 Å². The second kappa shape index (κ2) is 3.32. The molecule has 1 aliphatic heterocycles. The molecule has 80 valence electrons. The van der Waals surface area contributed by atoms with Crippen LogP contribution in [-0.2, 0) is 4.79 Å². The molecule has 15 heavy (non-hydrogen) atoms. The molecule has 1 saturated heterocycles. The van der Waals surface area contributed by atoms with E-state index in [0.717, 1.165) is 38.2 Å². The molecule has 1 amide bonds. The van der Waals surface area contributed by atoms with Gasteiger partial charge in [0, 0.05) is 24.9 Å². The molecule has 0 aromatic carbocycles. The van der Waals surface area contributed by atoms with Crippen LogP contribution in [0.15, 0.2) is 10.9 Å². The largest absolute Gasteiger partial charge is 0.343 e. The molecule has 5 heteroatoms. The summed E-state index contributed by atoms with van der Waals surface area (Å²) in [7, 11) is 0. The zero-order valence-electron chi connectivity index (χ0n) is 8.43. The van der Waals surface area contributed by atoms with Gasteiger partial charge in [0.15, 0.2) is 5.82 Å². The topological polar surface area (TPSA) is 59.2 Å². The summed E-state index contributed by atoms with van der Waals surface area (Å²) in [5, 5.41) is 3.83. The molecule has 3 rings (SSSR count). The van der Waals surface area contributed by atoms with Gasteiger partial charge in [0.1, 0.15) is 0 Å². The van der Waals surface area contributed by atoms with Crippen LogP contribution >= 0.6 is 0 Å². The van der Waals surface area contributed by atoms with E-state index in [-0.39, 0.29) is 5.92 Å². The number of hydrogen-bond acceptors (Lipinski definition) is 4. The summed E-state index contributed by atoms with van der Waals surface area (Å²) in [4.78, 5) is 17.8. The molecule has 1 aromatic heterocycles. The van der Waals surface area contributed by atoms with Gasteiger partial charge in [-0.1, -0.05) is 5.16 Å². The maximum absolute atomic E-state index is 11.8. The Labute approximate surface area is 87.4 Å². The van der Waals surface area contributed by atoms with Crippen LogP contribution in [0.25, 0.3) is 0 Å². The third kappa shape index (κ3) is 1.62. The number of likely N-dealkylation sites (tertiary alicyclic amines) is 1. The molecule has 2 aliphatic rings. The highest BCUT2D eigenvalue weighted by Crippen LogP contribution is 2.34. The molecule has 1 atom stereocenters. The lowest BCUT2D eigenvalue weighted by Crippen LogP contribution is -2.29. The Morgan fingerprint density at radius 2 is 2.33 bits per heavy atom. The average Bonchev–Trinajstić information content (AvgIpc) is 2.80. The standard InChI is InChI=1S/C10H13N3O2/c14-10(7-1-2-7)13-4-3-8(5-13)9-11-6-15-12-9/h6-8H,1-5H2/t8-/m1/s1. The first-order valence-electron chi connectivity index (χ1n) is 5.39. The zero-order chi connectivity index (χ0) is 10.3. The first-order valence-corrected chi connectivity index (χ1v) is 5.39. The van der Waals surface area contributed by atoms with Crippen molar-refractivity contribution in [2.45, 2.75) is 25.2 Å². The molecular formula is C10H13N3O2. The van der Waals surface area contributed by atoms with E-state index in [9.17, 15) is 4.79 Å². The molecule has 1 aliphatic carbocycles. The Morgan fingerprint density at radius 1 is 1.47 bits per heavy atom. The van der Waals surface area contributed by atoms with E-state index in [1.165, 1.54) is 6.39 Å². The van der Waals surface area contributed by atoms with Crippen molar-refractivity contribution in [1.29, 1.82) is 0 Å². The molecule has 2 fully saturated rings. The highest BCUT2D eigenvalue weighted by atomic mass is 16.5. The molecule has 0 spiro atoms. The lowest BCUT2D eigenvalue weighted by Gasteiger charge is -2.14. The maximum atomic E-state index is 11.8. The predicted molar refractivity (Wildman–Crippen MR) is 51.0 cm³/mol. The third-order valence-electron chi connectivity index (χ3n) is 3.17. The molecule has 0 N–H and O–H groups in total. The van der Waals surface area contributed by atoms with Crippen LogP contribution in [0.2, 0.25) is 0 Å². The fourth-order valence-electron chi connectivity index (χ4n) is 2.12. The minimum Gasteiger partial charge on any atom is -0.343 e.